The number of nitrogens with one attached hydrogen (secondary N) is 1. The monoisotopic (exact) mass is 469 g/mol. The standard InChI is InChI=1S/C23H24ClN5O4/c1-16-12-19(33-26-16)15-27-8-10-28(11-9-27)23(30)17-6-7-21(22(13-17)29(31)32)25-14-18-4-2-3-5-20(18)24/h2-7,12-13,25H,8-11,14-15H2,1H3. The molecule has 0 bridgehead atoms. The summed E-state index contributed by atoms with van der Waals surface area (Å²) in [6.45, 7) is 5.29. The van der Waals surface area contributed by atoms with E-state index in [1.54, 1.807) is 23.1 Å². The molecule has 3 aromatic rings. The lowest BCUT2D eigenvalue weighted by molar-refractivity contribution is -0.384. The summed E-state index contributed by atoms with van der Waals surface area (Å²) >= 11 is 6.17. The first kappa shape index (κ1) is 22.8. The van der Waals surface area contributed by atoms with Gasteiger partial charge in [0, 0.05) is 55.4 Å². The molecule has 1 N–H and O–H groups in total. The van der Waals surface area contributed by atoms with Crippen molar-refractivity contribution in [2.45, 2.75) is 20.0 Å². The number of nitro benzene ring substituents is 1. The molecule has 1 amide bonds. The summed E-state index contributed by atoms with van der Waals surface area (Å²) < 4.78 is 5.26. The Morgan fingerprint density at radius 3 is 2.61 bits per heavy atom. The number of aryl methyl sites for hydroxylation is 1. The van der Waals surface area contributed by atoms with Crippen LogP contribution in [0.1, 0.15) is 27.4 Å². The number of amides is 1. The number of carbonyl (C=O) groups is 1. The Bertz CT molecular complexity index is 1160. The fraction of sp³-hybridized carbons (Fsp3) is 0.304. The zero-order chi connectivity index (χ0) is 23.4. The van der Waals surface area contributed by atoms with Gasteiger partial charge < -0.3 is 14.7 Å². The lowest BCUT2D eigenvalue weighted by atomic mass is 10.1. The Balaban J connectivity index is 1.40. The first-order valence-corrected chi connectivity index (χ1v) is 11.0. The summed E-state index contributed by atoms with van der Waals surface area (Å²) in [7, 11) is 0. The first-order chi connectivity index (χ1) is 15.9. The van der Waals surface area contributed by atoms with Crippen LogP contribution >= 0.6 is 11.6 Å². The molecule has 2 aromatic carbocycles. The maximum Gasteiger partial charge on any atom is 0.293 e. The van der Waals surface area contributed by atoms with Gasteiger partial charge in [-0.25, -0.2) is 0 Å². The third kappa shape index (κ3) is 5.50. The predicted molar refractivity (Wildman–Crippen MR) is 124 cm³/mol. The number of hydrogen-bond acceptors (Lipinski definition) is 7. The highest BCUT2D eigenvalue weighted by molar-refractivity contribution is 6.31. The summed E-state index contributed by atoms with van der Waals surface area (Å²) in [4.78, 5) is 28.1. The van der Waals surface area contributed by atoms with Crippen molar-refractivity contribution in [1.29, 1.82) is 0 Å². The third-order valence-electron chi connectivity index (χ3n) is 5.58. The van der Waals surface area contributed by atoms with Crippen LogP contribution in [0.4, 0.5) is 11.4 Å². The van der Waals surface area contributed by atoms with Crippen molar-refractivity contribution < 1.29 is 14.2 Å². The van der Waals surface area contributed by atoms with Crippen LogP contribution in [-0.2, 0) is 13.1 Å². The van der Waals surface area contributed by atoms with Crippen LogP contribution in [-0.4, -0.2) is 52.0 Å². The van der Waals surface area contributed by atoms with Crippen molar-refractivity contribution in [2.24, 2.45) is 0 Å². The van der Waals surface area contributed by atoms with Crippen molar-refractivity contribution in [2.75, 3.05) is 31.5 Å². The van der Waals surface area contributed by atoms with Crippen molar-refractivity contribution in [3.05, 3.63) is 86.2 Å². The van der Waals surface area contributed by atoms with E-state index >= 15 is 0 Å². The van der Waals surface area contributed by atoms with Gasteiger partial charge in [0.05, 0.1) is 17.2 Å². The van der Waals surface area contributed by atoms with Crippen molar-refractivity contribution >= 4 is 28.9 Å². The maximum atomic E-state index is 13.0. The van der Waals surface area contributed by atoms with Gasteiger partial charge in [-0.1, -0.05) is 35.0 Å². The Labute approximate surface area is 196 Å². The molecule has 33 heavy (non-hydrogen) atoms. The van der Waals surface area contributed by atoms with Crippen LogP contribution in [0.25, 0.3) is 0 Å². The predicted octanol–water partition coefficient (Wildman–Crippen LogP) is 4.11. The number of carbonyl (C=O) groups excluding carboxylic acids is 1. The number of aromatic nitrogens is 1. The number of anilines is 1. The van der Waals surface area contributed by atoms with Crippen LogP contribution in [0.5, 0.6) is 0 Å². The number of nitrogens with zero attached hydrogens (tertiary/aromatic N) is 4. The second-order valence-electron chi connectivity index (χ2n) is 7.94. The molecule has 1 saturated heterocycles. The van der Waals surface area contributed by atoms with Crippen LogP contribution in [0, 0.1) is 17.0 Å². The SMILES string of the molecule is Cc1cc(CN2CCN(C(=O)c3ccc(NCc4ccccc4Cl)c([N+](=O)[O-])c3)CC2)on1. The van der Waals surface area contributed by atoms with Crippen molar-refractivity contribution in [3.8, 4) is 0 Å². The molecule has 0 radical (unpaired) electrons. The normalized spacial score (nSPS) is 14.3. The molecular weight excluding hydrogens is 446 g/mol. The first-order valence-electron chi connectivity index (χ1n) is 10.6. The molecule has 9 nitrogen and oxygen atoms in total. The fourth-order valence-corrected chi connectivity index (χ4v) is 4.00. The lowest BCUT2D eigenvalue weighted by Gasteiger charge is -2.34. The Morgan fingerprint density at radius 2 is 1.94 bits per heavy atom. The van der Waals surface area contributed by atoms with Gasteiger partial charge >= 0.3 is 0 Å². The quantitative estimate of drug-likeness (QED) is 0.410. The van der Waals surface area contributed by atoms with E-state index in [0.29, 0.717) is 55.5 Å². The maximum absolute atomic E-state index is 13.0. The number of benzene rings is 2. The molecule has 0 atom stereocenters. The topological polar surface area (TPSA) is 105 Å². The van der Waals surface area contributed by atoms with Gasteiger partial charge in [0.1, 0.15) is 5.69 Å². The van der Waals surface area contributed by atoms with E-state index in [4.69, 9.17) is 16.1 Å². The summed E-state index contributed by atoms with van der Waals surface area (Å²) in [5.41, 5.74) is 2.15. The number of rotatable bonds is 7. The lowest BCUT2D eigenvalue weighted by Crippen LogP contribution is -2.48. The second kappa shape index (κ2) is 10.0. The highest BCUT2D eigenvalue weighted by atomic mass is 35.5. The number of hydrogen-bond donors (Lipinski definition) is 1. The van der Waals surface area contributed by atoms with E-state index in [1.165, 1.54) is 6.07 Å². The van der Waals surface area contributed by atoms with Gasteiger partial charge in [0.25, 0.3) is 11.6 Å². The van der Waals surface area contributed by atoms with Crippen LogP contribution in [0.2, 0.25) is 5.02 Å². The summed E-state index contributed by atoms with van der Waals surface area (Å²) in [6, 6.07) is 13.7. The summed E-state index contributed by atoms with van der Waals surface area (Å²) in [5.74, 6) is 0.577. The number of piperazine rings is 1. The van der Waals surface area contributed by atoms with Gasteiger partial charge in [0.15, 0.2) is 5.76 Å². The second-order valence-corrected chi connectivity index (χ2v) is 8.34. The van der Waals surface area contributed by atoms with E-state index in [9.17, 15) is 14.9 Å². The van der Waals surface area contributed by atoms with Gasteiger partial charge in [-0.3, -0.25) is 19.8 Å². The zero-order valence-corrected chi connectivity index (χ0v) is 18.9. The average Bonchev–Trinajstić information content (AvgIpc) is 3.23. The van der Waals surface area contributed by atoms with Gasteiger partial charge in [-0.05, 0) is 30.7 Å². The van der Waals surface area contributed by atoms with E-state index < -0.39 is 4.92 Å². The molecular formula is C23H24ClN5O4. The molecule has 1 aromatic heterocycles. The van der Waals surface area contributed by atoms with Crippen molar-refractivity contribution in [1.82, 2.24) is 15.0 Å². The Hall–Kier alpha value is -3.43. The van der Waals surface area contributed by atoms with Crippen molar-refractivity contribution in [3.63, 3.8) is 0 Å². The number of halogens is 1. The highest BCUT2D eigenvalue weighted by Crippen LogP contribution is 2.28. The van der Waals surface area contributed by atoms with E-state index in [1.807, 2.05) is 31.2 Å². The molecule has 1 aliphatic heterocycles. The molecule has 0 aliphatic carbocycles. The van der Waals surface area contributed by atoms with E-state index in [0.717, 1.165) is 17.0 Å². The van der Waals surface area contributed by atoms with Crippen LogP contribution in [0.15, 0.2) is 53.1 Å². The minimum atomic E-state index is -0.483. The largest absolute Gasteiger partial charge is 0.375 e. The summed E-state index contributed by atoms with van der Waals surface area (Å²) in [5, 5.41) is 19.2. The Kier molecular flexibility index (Phi) is 6.90. The average molecular weight is 470 g/mol. The van der Waals surface area contributed by atoms with E-state index in [2.05, 4.69) is 15.4 Å². The minimum Gasteiger partial charge on any atom is -0.375 e. The van der Waals surface area contributed by atoms with Gasteiger partial charge in [-0.2, -0.15) is 0 Å². The molecule has 0 unspecified atom stereocenters. The molecule has 1 fully saturated rings. The third-order valence-corrected chi connectivity index (χ3v) is 5.95. The molecule has 4 rings (SSSR count). The van der Waals surface area contributed by atoms with Crippen LogP contribution in [0.3, 0.4) is 0 Å². The smallest absolute Gasteiger partial charge is 0.293 e. The van der Waals surface area contributed by atoms with Gasteiger partial charge in [-0.15, -0.1) is 0 Å². The summed E-state index contributed by atoms with van der Waals surface area (Å²) in [6.07, 6.45) is 0. The molecule has 10 heteroatoms. The molecule has 1 aliphatic rings. The van der Waals surface area contributed by atoms with Crippen LogP contribution < -0.4 is 5.32 Å². The zero-order valence-electron chi connectivity index (χ0n) is 18.2. The van der Waals surface area contributed by atoms with E-state index in [-0.39, 0.29) is 11.6 Å². The Morgan fingerprint density at radius 1 is 1.18 bits per heavy atom. The fourth-order valence-electron chi connectivity index (χ4n) is 3.80. The minimum absolute atomic E-state index is 0.146. The number of nitro groups is 1. The molecule has 0 spiro atoms. The molecule has 2 heterocycles. The van der Waals surface area contributed by atoms with Gasteiger partial charge in [0.2, 0.25) is 0 Å². The molecule has 0 saturated carbocycles. The highest BCUT2D eigenvalue weighted by Gasteiger charge is 2.25. The molecule has 172 valence electrons.